The SMILES string of the molecule is CC(NS(=O)(=O)c1ccc(N)cc1)c1ccc(Br)cc1. The van der Waals surface area contributed by atoms with Gasteiger partial charge in [-0.1, -0.05) is 28.1 Å². The standard InChI is InChI=1S/C14H15BrN2O2S/c1-10(11-2-4-12(15)5-3-11)17-20(18,19)14-8-6-13(16)7-9-14/h2-10,17H,16H2,1H3. The van der Waals surface area contributed by atoms with E-state index >= 15 is 0 Å². The maximum Gasteiger partial charge on any atom is 0.241 e. The van der Waals surface area contributed by atoms with Gasteiger partial charge in [0.05, 0.1) is 4.90 Å². The number of sulfonamides is 1. The van der Waals surface area contributed by atoms with Gasteiger partial charge >= 0.3 is 0 Å². The van der Waals surface area contributed by atoms with Crippen molar-refractivity contribution < 1.29 is 8.42 Å². The minimum absolute atomic E-state index is 0.204. The number of nitrogens with two attached hydrogens (primary N) is 1. The van der Waals surface area contributed by atoms with Crippen molar-refractivity contribution in [3.8, 4) is 0 Å². The molecule has 2 aromatic rings. The van der Waals surface area contributed by atoms with Crippen LogP contribution in [0.5, 0.6) is 0 Å². The molecule has 0 aliphatic rings. The lowest BCUT2D eigenvalue weighted by atomic mass is 10.1. The van der Waals surface area contributed by atoms with Gasteiger partial charge in [0, 0.05) is 16.2 Å². The molecule has 20 heavy (non-hydrogen) atoms. The second kappa shape index (κ2) is 5.95. The van der Waals surface area contributed by atoms with E-state index in [1.807, 2.05) is 24.3 Å². The summed E-state index contributed by atoms with van der Waals surface area (Å²) in [6, 6.07) is 13.3. The zero-order valence-electron chi connectivity index (χ0n) is 10.9. The Bertz CT molecular complexity index is 682. The van der Waals surface area contributed by atoms with Crippen molar-refractivity contribution in [2.45, 2.75) is 17.9 Å². The van der Waals surface area contributed by atoms with Crippen molar-refractivity contribution >= 4 is 31.6 Å². The van der Waals surface area contributed by atoms with E-state index in [1.165, 1.54) is 12.1 Å². The highest BCUT2D eigenvalue weighted by atomic mass is 79.9. The predicted molar refractivity (Wildman–Crippen MR) is 83.7 cm³/mol. The Kier molecular flexibility index (Phi) is 4.47. The van der Waals surface area contributed by atoms with Gasteiger partial charge in [-0.25, -0.2) is 13.1 Å². The molecule has 0 saturated carbocycles. The summed E-state index contributed by atoms with van der Waals surface area (Å²) in [5.41, 5.74) is 6.98. The lowest BCUT2D eigenvalue weighted by Gasteiger charge is -2.15. The molecule has 106 valence electrons. The number of rotatable bonds is 4. The van der Waals surface area contributed by atoms with Crippen molar-refractivity contribution in [1.82, 2.24) is 4.72 Å². The Balaban J connectivity index is 2.19. The monoisotopic (exact) mass is 354 g/mol. The van der Waals surface area contributed by atoms with Gasteiger partial charge in [-0.3, -0.25) is 0 Å². The molecule has 2 aromatic carbocycles. The molecule has 0 aliphatic carbocycles. The minimum atomic E-state index is -3.55. The zero-order valence-corrected chi connectivity index (χ0v) is 13.3. The first-order chi connectivity index (χ1) is 9.38. The molecule has 1 atom stereocenters. The molecule has 0 radical (unpaired) electrons. The summed E-state index contributed by atoms with van der Waals surface area (Å²) in [4.78, 5) is 0.204. The van der Waals surface area contributed by atoms with Gasteiger partial charge < -0.3 is 5.73 Å². The van der Waals surface area contributed by atoms with Crippen LogP contribution in [0.15, 0.2) is 57.9 Å². The van der Waals surface area contributed by atoms with Crippen molar-refractivity contribution in [2.24, 2.45) is 0 Å². The molecule has 0 heterocycles. The van der Waals surface area contributed by atoms with Gasteiger partial charge in [-0.05, 0) is 48.9 Å². The van der Waals surface area contributed by atoms with E-state index in [-0.39, 0.29) is 10.9 Å². The molecule has 0 saturated heterocycles. The van der Waals surface area contributed by atoms with Gasteiger partial charge in [-0.15, -0.1) is 0 Å². The number of hydrogen-bond acceptors (Lipinski definition) is 3. The fourth-order valence-corrected chi connectivity index (χ4v) is 3.26. The summed E-state index contributed by atoms with van der Waals surface area (Å²) >= 11 is 3.35. The Hall–Kier alpha value is -1.37. The third-order valence-corrected chi connectivity index (χ3v) is 4.98. The van der Waals surface area contributed by atoms with E-state index in [0.717, 1.165) is 10.0 Å². The third-order valence-electron chi connectivity index (χ3n) is 2.89. The van der Waals surface area contributed by atoms with Crippen LogP contribution in [-0.4, -0.2) is 8.42 Å². The fraction of sp³-hybridized carbons (Fsp3) is 0.143. The Morgan fingerprint density at radius 2 is 1.60 bits per heavy atom. The third kappa shape index (κ3) is 3.59. The van der Waals surface area contributed by atoms with Crippen molar-refractivity contribution in [3.63, 3.8) is 0 Å². The maximum absolute atomic E-state index is 12.2. The molecule has 0 aromatic heterocycles. The summed E-state index contributed by atoms with van der Waals surface area (Å²) < 4.78 is 28.1. The second-order valence-corrected chi connectivity index (χ2v) is 7.09. The van der Waals surface area contributed by atoms with E-state index in [1.54, 1.807) is 19.1 Å². The van der Waals surface area contributed by atoms with E-state index in [2.05, 4.69) is 20.7 Å². The smallest absolute Gasteiger partial charge is 0.241 e. The molecule has 0 fully saturated rings. The first-order valence-electron chi connectivity index (χ1n) is 6.02. The van der Waals surface area contributed by atoms with E-state index < -0.39 is 10.0 Å². The van der Waals surface area contributed by atoms with Crippen molar-refractivity contribution in [1.29, 1.82) is 0 Å². The molecule has 2 rings (SSSR count). The van der Waals surface area contributed by atoms with E-state index in [4.69, 9.17) is 5.73 Å². The molecular weight excluding hydrogens is 340 g/mol. The fourth-order valence-electron chi connectivity index (χ4n) is 1.77. The van der Waals surface area contributed by atoms with Gasteiger partial charge in [0.25, 0.3) is 0 Å². The normalized spacial score (nSPS) is 13.1. The number of hydrogen-bond donors (Lipinski definition) is 2. The summed E-state index contributed by atoms with van der Waals surface area (Å²) in [7, 11) is -3.55. The van der Waals surface area contributed by atoms with Crippen LogP contribution in [-0.2, 0) is 10.0 Å². The lowest BCUT2D eigenvalue weighted by Crippen LogP contribution is -2.26. The number of nitrogen functional groups attached to an aromatic ring is 1. The van der Waals surface area contributed by atoms with Crippen LogP contribution in [0.3, 0.4) is 0 Å². The van der Waals surface area contributed by atoms with E-state index in [9.17, 15) is 8.42 Å². The Morgan fingerprint density at radius 1 is 1.05 bits per heavy atom. The summed E-state index contributed by atoms with van der Waals surface area (Å²) in [5.74, 6) is 0. The molecule has 3 N–H and O–H groups in total. The van der Waals surface area contributed by atoms with Crippen molar-refractivity contribution in [3.05, 3.63) is 58.6 Å². The van der Waals surface area contributed by atoms with Crippen LogP contribution in [0.1, 0.15) is 18.5 Å². The van der Waals surface area contributed by atoms with E-state index in [0.29, 0.717) is 5.69 Å². The molecular formula is C14H15BrN2O2S. The highest BCUT2D eigenvalue weighted by Crippen LogP contribution is 2.19. The molecule has 4 nitrogen and oxygen atoms in total. The molecule has 0 spiro atoms. The zero-order chi connectivity index (χ0) is 14.8. The van der Waals surface area contributed by atoms with Crippen LogP contribution in [0.2, 0.25) is 0 Å². The number of nitrogens with one attached hydrogen (secondary N) is 1. The van der Waals surface area contributed by atoms with Gasteiger partial charge in [-0.2, -0.15) is 0 Å². The van der Waals surface area contributed by atoms with Crippen LogP contribution in [0, 0.1) is 0 Å². The maximum atomic E-state index is 12.2. The average molecular weight is 355 g/mol. The summed E-state index contributed by atoms with van der Waals surface area (Å²) in [6.07, 6.45) is 0. The first-order valence-corrected chi connectivity index (χ1v) is 8.29. The highest BCUT2D eigenvalue weighted by molar-refractivity contribution is 9.10. The quantitative estimate of drug-likeness (QED) is 0.828. The molecule has 1 unspecified atom stereocenters. The molecule has 0 aliphatic heterocycles. The van der Waals surface area contributed by atoms with Crippen LogP contribution in [0.4, 0.5) is 5.69 Å². The van der Waals surface area contributed by atoms with Gasteiger partial charge in [0.1, 0.15) is 0 Å². The topological polar surface area (TPSA) is 72.2 Å². The Labute approximate surface area is 127 Å². The average Bonchev–Trinajstić information content (AvgIpc) is 2.39. The summed E-state index contributed by atoms with van der Waals surface area (Å²) in [6.45, 7) is 1.80. The minimum Gasteiger partial charge on any atom is -0.399 e. The lowest BCUT2D eigenvalue weighted by molar-refractivity contribution is 0.567. The molecule has 0 bridgehead atoms. The van der Waals surface area contributed by atoms with Crippen molar-refractivity contribution in [2.75, 3.05) is 5.73 Å². The number of halogens is 1. The van der Waals surface area contributed by atoms with Gasteiger partial charge in [0.15, 0.2) is 0 Å². The van der Waals surface area contributed by atoms with Crippen LogP contribution < -0.4 is 10.5 Å². The van der Waals surface area contributed by atoms with Crippen LogP contribution >= 0.6 is 15.9 Å². The highest BCUT2D eigenvalue weighted by Gasteiger charge is 2.18. The number of benzene rings is 2. The van der Waals surface area contributed by atoms with Crippen LogP contribution in [0.25, 0.3) is 0 Å². The summed E-state index contributed by atoms with van der Waals surface area (Å²) in [5, 5.41) is 0. The Morgan fingerprint density at radius 3 is 2.15 bits per heavy atom. The largest absolute Gasteiger partial charge is 0.399 e. The second-order valence-electron chi connectivity index (χ2n) is 4.46. The molecule has 0 amide bonds. The predicted octanol–water partition coefficient (Wildman–Crippen LogP) is 3.07. The van der Waals surface area contributed by atoms with Gasteiger partial charge in [0.2, 0.25) is 10.0 Å². The molecule has 6 heteroatoms. The first kappa shape index (κ1) is 15.0. The number of anilines is 1.